The molecule has 0 spiro atoms. The molecule has 12 heavy (non-hydrogen) atoms. The van der Waals surface area contributed by atoms with Gasteiger partial charge in [-0.05, 0) is 18.2 Å². The van der Waals surface area contributed by atoms with Gasteiger partial charge in [0, 0.05) is 10.0 Å². The number of halogens is 2. The summed E-state index contributed by atoms with van der Waals surface area (Å²) in [7, 11) is 0. The Hall–Kier alpha value is -0.380. The Morgan fingerprint density at radius 1 is 1.58 bits per heavy atom. The molecule has 1 aromatic rings. The minimum Gasteiger partial charge on any atom is -0.324 e. The van der Waals surface area contributed by atoms with Gasteiger partial charge < -0.3 is 5.73 Å². The highest BCUT2D eigenvalue weighted by Crippen LogP contribution is 2.21. The minimum absolute atomic E-state index is 0.0125. The lowest BCUT2D eigenvalue weighted by Crippen LogP contribution is -2.13. The fourth-order valence-electron chi connectivity index (χ4n) is 0.826. The maximum atomic E-state index is 11.1. The number of rotatable bonds is 2. The molecule has 0 atom stereocenters. The Balaban J connectivity index is 3.09. The van der Waals surface area contributed by atoms with Gasteiger partial charge in [0.25, 0.3) is 0 Å². The molecule has 0 aliphatic carbocycles. The Morgan fingerprint density at radius 3 is 2.75 bits per heavy atom. The number of Topliss-reactive ketones (excluding diaryl/α,β-unsaturated/α-hetero) is 1. The van der Waals surface area contributed by atoms with Crippen LogP contribution in [-0.2, 0) is 0 Å². The first kappa shape index (κ1) is 9.71. The SMILES string of the molecule is NCC(=O)c1ccc(Br)cc1Cl. The summed E-state index contributed by atoms with van der Waals surface area (Å²) in [6, 6.07) is 5.08. The van der Waals surface area contributed by atoms with E-state index in [1.807, 2.05) is 0 Å². The smallest absolute Gasteiger partial charge is 0.177 e. The quantitative estimate of drug-likeness (QED) is 0.816. The number of carbonyl (C=O) groups excluding carboxylic acids is 1. The number of hydrogen-bond acceptors (Lipinski definition) is 2. The zero-order chi connectivity index (χ0) is 9.14. The number of hydrogen-bond donors (Lipinski definition) is 1. The fraction of sp³-hybridized carbons (Fsp3) is 0.125. The lowest BCUT2D eigenvalue weighted by molar-refractivity contribution is 0.100. The first-order chi connectivity index (χ1) is 5.65. The van der Waals surface area contributed by atoms with Crippen LogP contribution in [0.4, 0.5) is 0 Å². The highest BCUT2D eigenvalue weighted by atomic mass is 79.9. The number of benzene rings is 1. The molecule has 0 unspecified atom stereocenters. The van der Waals surface area contributed by atoms with Crippen molar-refractivity contribution in [2.24, 2.45) is 5.73 Å². The Kier molecular flexibility index (Phi) is 3.26. The molecule has 1 rings (SSSR count). The number of nitrogens with two attached hydrogens (primary N) is 1. The summed E-state index contributed by atoms with van der Waals surface area (Å²) in [6.45, 7) is -0.0125. The zero-order valence-corrected chi connectivity index (χ0v) is 8.52. The predicted molar refractivity (Wildman–Crippen MR) is 52.5 cm³/mol. The second-order valence-corrected chi connectivity index (χ2v) is 3.57. The normalized spacial score (nSPS) is 9.92. The first-order valence-corrected chi connectivity index (χ1v) is 4.50. The van der Waals surface area contributed by atoms with E-state index in [1.54, 1.807) is 18.2 Å². The van der Waals surface area contributed by atoms with Crippen molar-refractivity contribution in [3.63, 3.8) is 0 Å². The van der Waals surface area contributed by atoms with E-state index in [2.05, 4.69) is 15.9 Å². The largest absolute Gasteiger partial charge is 0.324 e. The highest BCUT2D eigenvalue weighted by molar-refractivity contribution is 9.10. The maximum Gasteiger partial charge on any atom is 0.177 e. The third-order valence-electron chi connectivity index (χ3n) is 1.42. The number of carbonyl (C=O) groups is 1. The summed E-state index contributed by atoms with van der Waals surface area (Å²) in [6.07, 6.45) is 0. The molecule has 0 heterocycles. The van der Waals surface area contributed by atoms with Gasteiger partial charge >= 0.3 is 0 Å². The van der Waals surface area contributed by atoms with Crippen molar-refractivity contribution in [3.8, 4) is 0 Å². The van der Waals surface area contributed by atoms with E-state index in [-0.39, 0.29) is 12.3 Å². The van der Waals surface area contributed by atoms with Crippen molar-refractivity contribution >= 4 is 33.3 Å². The minimum atomic E-state index is -0.146. The van der Waals surface area contributed by atoms with Gasteiger partial charge in [-0.2, -0.15) is 0 Å². The molecule has 0 bridgehead atoms. The molecule has 2 nitrogen and oxygen atoms in total. The molecule has 0 radical (unpaired) electrons. The molecule has 4 heteroatoms. The van der Waals surface area contributed by atoms with Crippen molar-refractivity contribution < 1.29 is 4.79 Å². The van der Waals surface area contributed by atoms with E-state index in [0.717, 1.165) is 4.47 Å². The van der Waals surface area contributed by atoms with Gasteiger partial charge in [-0.3, -0.25) is 4.79 Å². The van der Waals surface area contributed by atoms with E-state index in [0.29, 0.717) is 10.6 Å². The summed E-state index contributed by atoms with van der Waals surface area (Å²) >= 11 is 9.04. The van der Waals surface area contributed by atoms with Crippen molar-refractivity contribution in [1.29, 1.82) is 0 Å². The third kappa shape index (κ3) is 2.06. The van der Waals surface area contributed by atoms with Crippen LogP contribution in [0.3, 0.4) is 0 Å². The fourth-order valence-corrected chi connectivity index (χ4v) is 1.60. The van der Waals surface area contributed by atoms with Crippen LogP contribution in [0.1, 0.15) is 10.4 Å². The molecule has 0 aliphatic heterocycles. The molecule has 0 aromatic heterocycles. The van der Waals surface area contributed by atoms with Crippen LogP contribution in [0.15, 0.2) is 22.7 Å². The average molecular weight is 249 g/mol. The maximum absolute atomic E-state index is 11.1. The molecule has 0 fully saturated rings. The van der Waals surface area contributed by atoms with Crippen molar-refractivity contribution in [2.75, 3.05) is 6.54 Å². The Morgan fingerprint density at radius 2 is 2.25 bits per heavy atom. The van der Waals surface area contributed by atoms with Gasteiger partial charge in [-0.25, -0.2) is 0 Å². The van der Waals surface area contributed by atoms with Gasteiger partial charge in [0.2, 0.25) is 0 Å². The summed E-state index contributed by atoms with van der Waals surface area (Å²) in [4.78, 5) is 11.1. The van der Waals surface area contributed by atoms with Crippen LogP contribution >= 0.6 is 27.5 Å². The van der Waals surface area contributed by atoms with Crippen LogP contribution < -0.4 is 5.73 Å². The van der Waals surface area contributed by atoms with Gasteiger partial charge in [-0.15, -0.1) is 0 Å². The predicted octanol–water partition coefficient (Wildman–Crippen LogP) is 2.24. The third-order valence-corrected chi connectivity index (χ3v) is 2.22. The second-order valence-electron chi connectivity index (χ2n) is 2.25. The second kappa shape index (κ2) is 4.03. The van der Waals surface area contributed by atoms with E-state index < -0.39 is 0 Å². The van der Waals surface area contributed by atoms with Crippen LogP contribution in [0.2, 0.25) is 5.02 Å². The highest BCUT2D eigenvalue weighted by Gasteiger charge is 2.07. The molecule has 0 saturated carbocycles. The molecule has 2 N–H and O–H groups in total. The van der Waals surface area contributed by atoms with Gasteiger partial charge in [0.05, 0.1) is 11.6 Å². The van der Waals surface area contributed by atoms with E-state index in [9.17, 15) is 4.79 Å². The van der Waals surface area contributed by atoms with Crippen LogP contribution in [0.5, 0.6) is 0 Å². The van der Waals surface area contributed by atoms with Crippen LogP contribution in [0.25, 0.3) is 0 Å². The van der Waals surface area contributed by atoms with Gasteiger partial charge in [0.15, 0.2) is 5.78 Å². The Labute approximate surface area is 83.8 Å². The molecule has 0 aliphatic rings. The summed E-state index contributed by atoms with van der Waals surface area (Å²) in [5.41, 5.74) is 5.67. The van der Waals surface area contributed by atoms with E-state index >= 15 is 0 Å². The first-order valence-electron chi connectivity index (χ1n) is 3.33. The van der Waals surface area contributed by atoms with Crippen molar-refractivity contribution in [1.82, 2.24) is 0 Å². The lowest BCUT2D eigenvalue weighted by atomic mass is 10.1. The molecule has 64 valence electrons. The van der Waals surface area contributed by atoms with E-state index in [4.69, 9.17) is 17.3 Å². The summed E-state index contributed by atoms with van der Waals surface area (Å²) < 4.78 is 0.848. The molecular formula is C8H7BrClNO. The van der Waals surface area contributed by atoms with E-state index in [1.165, 1.54) is 0 Å². The number of ketones is 1. The molecule has 1 aromatic carbocycles. The monoisotopic (exact) mass is 247 g/mol. The van der Waals surface area contributed by atoms with Gasteiger partial charge in [-0.1, -0.05) is 27.5 Å². The van der Waals surface area contributed by atoms with Crippen molar-refractivity contribution in [3.05, 3.63) is 33.3 Å². The van der Waals surface area contributed by atoms with Crippen LogP contribution in [0, 0.1) is 0 Å². The Bertz CT molecular complexity index is 314. The standard InChI is InChI=1S/C8H7BrClNO/c9-5-1-2-6(7(10)3-5)8(12)4-11/h1-3H,4,11H2. The topological polar surface area (TPSA) is 43.1 Å². The summed E-state index contributed by atoms with van der Waals surface area (Å²) in [5.74, 6) is -0.146. The van der Waals surface area contributed by atoms with Gasteiger partial charge in [0.1, 0.15) is 0 Å². The van der Waals surface area contributed by atoms with Crippen molar-refractivity contribution in [2.45, 2.75) is 0 Å². The summed E-state index contributed by atoms with van der Waals surface area (Å²) in [5, 5.41) is 0.430. The molecule has 0 amide bonds. The zero-order valence-electron chi connectivity index (χ0n) is 6.18. The lowest BCUT2D eigenvalue weighted by Gasteiger charge is -2.00. The van der Waals surface area contributed by atoms with Crippen LogP contribution in [-0.4, -0.2) is 12.3 Å². The molecule has 0 saturated heterocycles. The average Bonchev–Trinajstić information content (AvgIpc) is 2.03. The molecular weight excluding hydrogens is 241 g/mol.